The van der Waals surface area contributed by atoms with Crippen LogP contribution in [0.3, 0.4) is 0 Å². The molecule has 0 radical (unpaired) electrons. The summed E-state index contributed by atoms with van der Waals surface area (Å²) in [5.41, 5.74) is 0.853. The van der Waals surface area contributed by atoms with E-state index >= 15 is 0 Å². The van der Waals surface area contributed by atoms with Gasteiger partial charge in [0.25, 0.3) is 0 Å². The van der Waals surface area contributed by atoms with E-state index < -0.39 is 10.0 Å². The van der Waals surface area contributed by atoms with Crippen LogP contribution in [-0.2, 0) is 10.0 Å². The van der Waals surface area contributed by atoms with Crippen molar-refractivity contribution in [2.24, 2.45) is 0 Å². The fraction of sp³-hybridized carbons (Fsp3) is 0.600. The minimum absolute atomic E-state index is 0.0609. The zero-order valence-electron chi connectivity index (χ0n) is 12.0. The number of anilines is 1. The first-order valence-corrected chi connectivity index (χ1v) is 9.10. The van der Waals surface area contributed by atoms with Gasteiger partial charge in [-0.2, -0.15) is 0 Å². The van der Waals surface area contributed by atoms with Gasteiger partial charge in [-0.15, -0.1) is 0 Å². The molecule has 0 aromatic heterocycles. The molecular weight excluding hydrogens is 288 g/mol. The van der Waals surface area contributed by atoms with Crippen molar-refractivity contribution in [3.63, 3.8) is 0 Å². The number of benzene rings is 1. The van der Waals surface area contributed by atoms with Crippen LogP contribution >= 0.6 is 0 Å². The molecule has 21 heavy (non-hydrogen) atoms. The van der Waals surface area contributed by atoms with Gasteiger partial charge in [0.15, 0.2) is 0 Å². The van der Waals surface area contributed by atoms with Gasteiger partial charge in [-0.3, -0.25) is 0 Å². The van der Waals surface area contributed by atoms with E-state index in [0.29, 0.717) is 4.90 Å². The third-order valence-electron chi connectivity index (χ3n) is 4.15. The lowest BCUT2D eigenvalue weighted by Crippen LogP contribution is -2.36. The predicted octanol–water partition coefficient (Wildman–Crippen LogP) is 1.84. The molecule has 0 aliphatic heterocycles. The van der Waals surface area contributed by atoms with Crippen molar-refractivity contribution in [3.8, 4) is 0 Å². The molecule has 2 aliphatic rings. The molecule has 1 aromatic carbocycles. The first-order valence-electron chi connectivity index (χ1n) is 7.61. The molecule has 2 fully saturated rings. The number of rotatable bonds is 5. The molecule has 2 unspecified atom stereocenters. The number of sulfonamides is 1. The Kier molecular flexibility index (Phi) is 4.19. The first-order chi connectivity index (χ1) is 10.0. The molecule has 0 saturated heterocycles. The van der Waals surface area contributed by atoms with Gasteiger partial charge in [0.1, 0.15) is 0 Å². The van der Waals surface area contributed by atoms with Crippen LogP contribution in [0.2, 0.25) is 0 Å². The average molecular weight is 310 g/mol. The highest BCUT2D eigenvalue weighted by molar-refractivity contribution is 7.89. The summed E-state index contributed by atoms with van der Waals surface area (Å²) in [5.74, 6) is 0. The maximum absolute atomic E-state index is 12.1. The molecule has 116 valence electrons. The summed E-state index contributed by atoms with van der Waals surface area (Å²) < 4.78 is 26.8. The number of nitrogens with one attached hydrogen (secondary N) is 2. The zero-order valence-corrected chi connectivity index (χ0v) is 12.8. The maximum Gasteiger partial charge on any atom is 0.240 e. The third-order valence-corrected chi connectivity index (χ3v) is 5.68. The molecule has 0 bridgehead atoms. The summed E-state index contributed by atoms with van der Waals surface area (Å²) in [6, 6.07) is 6.94. The van der Waals surface area contributed by atoms with Gasteiger partial charge >= 0.3 is 0 Å². The number of aliphatic hydroxyl groups is 1. The van der Waals surface area contributed by atoms with E-state index in [2.05, 4.69) is 10.0 Å². The lowest BCUT2D eigenvalue weighted by Gasteiger charge is -2.29. The second-order valence-corrected chi connectivity index (χ2v) is 7.74. The summed E-state index contributed by atoms with van der Waals surface area (Å²) >= 11 is 0. The van der Waals surface area contributed by atoms with Crippen molar-refractivity contribution in [2.45, 2.75) is 61.6 Å². The van der Waals surface area contributed by atoms with Gasteiger partial charge < -0.3 is 10.4 Å². The number of aliphatic hydroxyl groups excluding tert-OH is 1. The largest absolute Gasteiger partial charge is 0.391 e. The van der Waals surface area contributed by atoms with Crippen LogP contribution in [0.15, 0.2) is 29.2 Å². The minimum atomic E-state index is -3.38. The van der Waals surface area contributed by atoms with Crippen molar-refractivity contribution in [1.29, 1.82) is 0 Å². The Bertz CT molecular complexity index is 581. The van der Waals surface area contributed by atoms with E-state index in [4.69, 9.17) is 0 Å². The molecule has 2 atom stereocenters. The molecule has 3 N–H and O–H groups in total. The van der Waals surface area contributed by atoms with Crippen molar-refractivity contribution >= 4 is 15.7 Å². The van der Waals surface area contributed by atoms with E-state index in [1.165, 1.54) is 0 Å². The highest BCUT2D eigenvalue weighted by atomic mass is 32.2. The van der Waals surface area contributed by atoms with Crippen molar-refractivity contribution < 1.29 is 13.5 Å². The van der Waals surface area contributed by atoms with Gasteiger partial charge in [-0.1, -0.05) is 12.8 Å². The van der Waals surface area contributed by atoms with E-state index in [0.717, 1.165) is 44.2 Å². The Morgan fingerprint density at radius 3 is 2.29 bits per heavy atom. The van der Waals surface area contributed by atoms with Crippen LogP contribution in [0.25, 0.3) is 0 Å². The van der Waals surface area contributed by atoms with Gasteiger partial charge in [0.05, 0.1) is 17.0 Å². The van der Waals surface area contributed by atoms with Crippen molar-refractivity contribution in [1.82, 2.24) is 4.72 Å². The fourth-order valence-corrected chi connectivity index (χ4v) is 4.02. The monoisotopic (exact) mass is 310 g/mol. The van der Waals surface area contributed by atoms with Crippen LogP contribution < -0.4 is 10.0 Å². The predicted molar refractivity (Wildman–Crippen MR) is 81.7 cm³/mol. The number of hydrogen-bond acceptors (Lipinski definition) is 4. The molecule has 2 saturated carbocycles. The minimum Gasteiger partial charge on any atom is -0.391 e. The molecule has 0 heterocycles. The number of hydrogen-bond donors (Lipinski definition) is 3. The van der Waals surface area contributed by atoms with E-state index in [-0.39, 0.29) is 18.2 Å². The molecule has 5 nitrogen and oxygen atoms in total. The smallest absolute Gasteiger partial charge is 0.240 e. The molecule has 3 rings (SSSR count). The summed E-state index contributed by atoms with van der Waals surface area (Å²) in [4.78, 5) is 0.296. The summed E-state index contributed by atoms with van der Waals surface area (Å²) in [6.07, 6.45) is 5.51. The van der Waals surface area contributed by atoms with Crippen molar-refractivity contribution in [2.75, 3.05) is 5.32 Å². The molecule has 2 aliphatic carbocycles. The highest BCUT2D eigenvalue weighted by Gasteiger charge is 2.28. The van der Waals surface area contributed by atoms with E-state index in [1.807, 2.05) is 0 Å². The van der Waals surface area contributed by atoms with E-state index in [9.17, 15) is 13.5 Å². The van der Waals surface area contributed by atoms with Gasteiger partial charge in [0, 0.05) is 11.7 Å². The van der Waals surface area contributed by atoms with Gasteiger partial charge in [0.2, 0.25) is 10.0 Å². The molecule has 1 aromatic rings. The van der Waals surface area contributed by atoms with E-state index in [1.54, 1.807) is 24.3 Å². The second-order valence-electron chi connectivity index (χ2n) is 6.02. The lowest BCUT2D eigenvalue weighted by molar-refractivity contribution is 0.116. The molecule has 6 heteroatoms. The average Bonchev–Trinajstić information content (AvgIpc) is 3.25. The van der Waals surface area contributed by atoms with Crippen LogP contribution in [-0.4, -0.2) is 31.7 Å². The van der Waals surface area contributed by atoms with Crippen LogP contribution in [0.1, 0.15) is 38.5 Å². The Morgan fingerprint density at radius 1 is 1.00 bits per heavy atom. The summed E-state index contributed by atoms with van der Waals surface area (Å²) in [5, 5.41) is 13.2. The first kappa shape index (κ1) is 14.8. The Morgan fingerprint density at radius 2 is 1.67 bits per heavy atom. The SMILES string of the molecule is O=S(=O)(NC1CC1)c1ccc(NC2CCCCC2O)cc1. The topological polar surface area (TPSA) is 78.4 Å². The second kappa shape index (κ2) is 5.94. The standard InChI is InChI=1S/C15H22N2O3S/c18-15-4-2-1-3-14(15)16-11-7-9-13(10-8-11)21(19,20)17-12-5-6-12/h7-10,12,14-18H,1-6H2. The molecule has 0 spiro atoms. The third kappa shape index (κ3) is 3.75. The maximum atomic E-state index is 12.1. The van der Waals surface area contributed by atoms with Crippen molar-refractivity contribution in [3.05, 3.63) is 24.3 Å². The Labute approximate surface area is 125 Å². The van der Waals surface area contributed by atoms with Gasteiger partial charge in [-0.05, 0) is 49.9 Å². The molecular formula is C15H22N2O3S. The van der Waals surface area contributed by atoms with Gasteiger partial charge in [-0.25, -0.2) is 13.1 Å². The summed E-state index contributed by atoms with van der Waals surface area (Å²) in [7, 11) is -3.38. The van der Waals surface area contributed by atoms with Crippen LogP contribution in [0.5, 0.6) is 0 Å². The Balaban J connectivity index is 1.66. The molecule has 0 amide bonds. The fourth-order valence-electron chi connectivity index (χ4n) is 2.71. The van der Waals surface area contributed by atoms with Crippen LogP contribution in [0.4, 0.5) is 5.69 Å². The quantitative estimate of drug-likeness (QED) is 0.775. The summed E-state index contributed by atoms with van der Waals surface area (Å²) in [6.45, 7) is 0. The lowest BCUT2D eigenvalue weighted by atomic mass is 9.92. The zero-order chi connectivity index (χ0) is 14.9. The normalized spacial score (nSPS) is 26.5. The van der Waals surface area contributed by atoms with Crippen LogP contribution in [0, 0.1) is 0 Å². The highest BCUT2D eigenvalue weighted by Crippen LogP contribution is 2.25. The Hall–Kier alpha value is -1.11.